The van der Waals surface area contributed by atoms with Gasteiger partial charge in [0, 0.05) is 36.9 Å². The smallest absolute Gasteiger partial charge is 0.325 e. The van der Waals surface area contributed by atoms with Crippen LogP contribution in [0.25, 0.3) is 0 Å². The van der Waals surface area contributed by atoms with Crippen molar-refractivity contribution in [1.29, 1.82) is 0 Å². The zero-order valence-corrected chi connectivity index (χ0v) is 19.2. The second-order valence-electron chi connectivity index (χ2n) is 10.1. The molecule has 168 valence electrons. The molecule has 8 heteroatoms. The predicted molar refractivity (Wildman–Crippen MR) is 120 cm³/mol. The molecular weight excluding hydrogens is 416 g/mol. The molecular formula is C23H31ClN4O3. The Morgan fingerprint density at radius 1 is 1.16 bits per heavy atom. The molecule has 1 aromatic carbocycles. The molecule has 3 aliphatic rings. The lowest BCUT2D eigenvalue weighted by atomic mass is 9.64. The van der Waals surface area contributed by atoms with Crippen molar-refractivity contribution in [2.24, 2.45) is 11.3 Å². The standard InChI is InChI=1S/C23H31ClN4O3/c1-16-12-22(2,3)15-23(13-16)20(30)28(21(31)25-23)14-19(29)27-9-7-26(8-10-27)18-6-4-5-17(24)11-18/h4-6,11,16H,7-10,12-15H2,1-3H3,(H,25,31). The van der Waals surface area contributed by atoms with Gasteiger partial charge in [-0.05, 0) is 48.8 Å². The first-order valence-corrected chi connectivity index (χ1v) is 11.4. The molecule has 7 nitrogen and oxygen atoms in total. The van der Waals surface area contributed by atoms with E-state index in [2.05, 4.69) is 31.0 Å². The predicted octanol–water partition coefficient (Wildman–Crippen LogP) is 3.13. The van der Waals surface area contributed by atoms with Crippen LogP contribution in [0.2, 0.25) is 5.02 Å². The zero-order valence-electron chi connectivity index (χ0n) is 18.5. The molecule has 2 aliphatic heterocycles. The highest BCUT2D eigenvalue weighted by Gasteiger charge is 2.56. The van der Waals surface area contributed by atoms with Crippen LogP contribution in [0.5, 0.6) is 0 Å². The minimum atomic E-state index is -0.871. The van der Waals surface area contributed by atoms with E-state index in [1.165, 1.54) is 0 Å². The number of imide groups is 1. The fraction of sp³-hybridized carbons (Fsp3) is 0.609. The number of hydrogen-bond acceptors (Lipinski definition) is 4. The highest BCUT2D eigenvalue weighted by Crippen LogP contribution is 2.46. The Kier molecular flexibility index (Phi) is 5.66. The topological polar surface area (TPSA) is 73.0 Å². The third-order valence-corrected chi connectivity index (χ3v) is 6.96. The summed E-state index contributed by atoms with van der Waals surface area (Å²) in [6.07, 6.45) is 2.26. The third kappa shape index (κ3) is 4.38. The first kappa shape index (κ1) is 21.9. The van der Waals surface area contributed by atoms with Gasteiger partial charge in [-0.3, -0.25) is 14.5 Å². The van der Waals surface area contributed by atoms with Gasteiger partial charge in [0.25, 0.3) is 5.91 Å². The summed E-state index contributed by atoms with van der Waals surface area (Å²) in [4.78, 5) is 43.9. The molecule has 1 N–H and O–H groups in total. The van der Waals surface area contributed by atoms with E-state index < -0.39 is 11.6 Å². The van der Waals surface area contributed by atoms with E-state index in [4.69, 9.17) is 11.6 Å². The van der Waals surface area contributed by atoms with Crippen LogP contribution in [-0.2, 0) is 9.59 Å². The van der Waals surface area contributed by atoms with E-state index in [0.29, 0.717) is 50.0 Å². The molecule has 0 aromatic heterocycles. The summed E-state index contributed by atoms with van der Waals surface area (Å²) in [5.41, 5.74) is 0.130. The Bertz CT molecular complexity index is 897. The number of carbonyl (C=O) groups is 3. The first-order chi connectivity index (χ1) is 14.6. The number of nitrogens with zero attached hydrogens (tertiary/aromatic N) is 3. The van der Waals surface area contributed by atoms with Gasteiger partial charge in [0.2, 0.25) is 5.91 Å². The van der Waals surface area contributed by atoms with Gasteiger partial charge in [0.1, 0.15) is 12.1 Å². The number of amides is 4. The van der Waals surface area contributed by atoms with E-state index in [9.17, 15) is 14.4 Å². The number of benzene rings is 1. The second-order valence-corrected chi connectivity index (χ2v) is 10.5. The molecule has 2 atom stereocenters. The van der Waals surface area contributed by atoms with Crippen LogP contribution >= 0.6 is 11.6 Å². The van der Waals surface area contributed by atoms with Gasteiger partial charge in [0.05, 0.1) is 0 Å². The van der Waals surface area contributed by atoms with Gasteiger partial charge in [-0.15, -0.1) is 0 Å². The molecule has 1 aromatic rings. The van der Waals surface area contributed by atoms with Gasteiger partial charge >= 0.3 is 6.03 Å². The molecule has 4 rings (SSSR count). The van der Waals surface area contributed by atoms with Crippen molar-refractivity contribution in [1.82, 2.24) is 15.1 Å². The summed E-state index contributed by atoms with van der Waals surface area (Å²) in [7, 11) is 0. The third-order valence-electron chi connectivity index (χ3n) is 6.72. The summed E-state index contributed by atoms with van der Waals surface area (Å²) in [5.74, 6) is -0.0966. The summed E-state index contributed by atoms with van der Waals surface area (Å²) in [6, 6.07) is 7.22. The van der Waals surface area contributed by atoms with Crippen molar-refractivity contribution in [2.75, 3.05) is 37.6 Å². The van der Waals surface area contributed by atoms with Crippen LogP contribution in [-0.4, -0.2) is 65.9 Å². The number of nitrogens with one attached hydrogen (secondary N) is 1. The van der Waals surface area contributed by atoms with Gasteiger partial charge in [-0.2, -0.15) is 0 Å². The fourth-order valence-corrected chi connectivity index (χ4v) is 5.96. The molecule has 1 spiro atoms. The highest BCUT2D eigenvalue weighted by atomic mass is 35.5. The van der Waals surface area contributed by atoms with Crippen molar-refractivity contribution in [2.45, 2.75) is 45.6 Å². The summed E-state index contributed by atoms with van der Waals surface area (Å²) in [5, 5.41) is 3.63. The van der Waals surface area contributed by atoms with E-state index in [0.717, 1.165) is 17.0 Å². The van der Waals surface area contributed by atoms with E-state index in [1.807, 2.05) is 24.3 Å². The van der Waals surface area contributed by atoms with E-state index in [1.54, 1.807) is 4.90 Å². The van der Waals surface area contributed by atoms with E-state index in [-0.39, 0.29) is 23.8 Å². The maximum absolute atomic E-state index is 13.3. The number of carbonyl (C=O) groups excluding carboxylic acids is 3. The number of anilines is 1. The fourth-order valence-electron chi connectivity index (χ4n) is 5.77. The maximum Gasteiger partial charge on any atom is 0.325 e. The number of rotatable bonds is 3. The van der Waals surface area contributed by atoms with Crippen LogP contribution in [0.3, 0.4) is 0 Å². The molecule has 1 saturated carbocycles. The van der Waals surface area contributed by atoms with Crippen LogP contribution < -0.4 is 10.2 Å². The molecule has 3 fully saturated rings. The number of urea groups is 1. The molecule has 0 bridgehead atoms. The minimum Gasteiger partial charge on any atom is -0.368 e. The maximum atomic E-state index is 13.3. The first-order valence-electron chi connectivity index (χ1n) is 11.0. The Morgan fingerprint density at radius 3 is 2.52 bits per heavy atom. The number of hydrogen-bond donors (Lipinski definition) is 1. The Labute approximate surface area is 188 Å². The van der Waals surface area contributed by atoms with Gasteiger partial charge in [-0.1, -0.05) is 38.4 Å². The minimum absolute atomic E-state index is 0.0305. The average molecular weight is 447 g/mol. The van der Waals surface area contributed by atoms with Crippen molar-refractivity contribution in [3.8, 4) is 0 Å². The molecule has 2 heterocycles. The van der Waals surface area contributed by atoms with Crippen LogP contribution in [0, 0.1) is 11.3 Å². The van der Waals surface area contributed by atoms with Crippen LogP contribution in [0.1, 0.15) is 40.0 Å². The Morgan fingerprint density at radius 2 is 1.87 bits per heavy atom. The van der Waals surface area contributed by atoms with Gasteiger partial charge in [-0.25, -0.2) is 4.79 Å². The lowest BCUT2D eigenvalue weighted by Gasteiger charge is -2.43. The van der Waals surface area contributed by atoms with Gasteiger partial charge < -0.3 is 15.1 Å². The Balaban J connectivity index is 1.38. The van der Waals surface area contributed by atoms with Gasteiger partial charge in [0.15, 0.2) is 0 Å². The normalized spacial score (nSPS) is 28.3. The monoisotopic (exact) mass is 446 g/mol. The lowest BCUT2D eigenvalue weighted by molar-refractivity contribution is -0.140. The van der Waals surface area contributed by atoms with Crippen molar-refractivity contribution in [3.63, 3.8) is 0 Å². The zero-order chi connectivity index (χ0) is 22.4. The SMILES string of the molecule is CC1CC(C)(C)CC2(C1)NC(=O)N(CC(=O)N1CCN(c3cccc(Cl)c3)CC1)C2=O. The van der Waals surface area contributed by atoms with Crippen molar-refractivity contribution >= 4 is 35.1 Å². The summed E-state index contributed by atoms with van der Waals surface area (Å²) < 4.78 is 0. The lowest BCUT2D eigenvalue weighted by Crippen LogP contribution is -2.55. The van der Waals surface area contributed by atoms with Crippen LogP contribution in [0.4, 0.5) is 10.5 Å². The molecule has 4 amide bonds. The van der Waals surface area contributed by atoms with E-state index >= 15 is 0 Å². The molecule has 1 aliphatic carbocycles. The largest absolute Gasteiger partial charge is 0.368 e. The van der Waals surface area contributed by atoms with Crippen LogP contribution in [0.15, 0.2) is 24.3 Å². The van der Waals surface area contributed by atoms with Crippen molar-refractivity contribution in [3.05, 3.63) is 29.3 Å². The average Bonchev–Trinajstić information content (AvgIpc) is 2.89. The second kappa shape index (κ2) is 8.01. The molecule has 31 heavy (non-hydrogen) atoms. The molecule has 0 radical (unpaired) electrons. The molecule has 2 saturated heterocycles. The number of halogens is 1. The summed E-state index contributed by atoms with van der Waals surface area (Å²) >= 11 is 6.09. The summed E-state index contributed by atoms with van der Waals surface area (Å²) in [6.45, 7) is 8.65. The highest BCUT2D eigenvalue weighted by molar-refractivity contribution is 6.30. The Hall–Kier alpha value is -2.28. The molecule has 2 unspecified atom stereocenters. The number of piperazine rings is 1. The van der Waals surface area contributed by atoms with Crippen molar-refractivity contribution < 1.29 is 14.4 Å². The quantitative estimate of drug-likeness (QED) is 0.724.